The van der Waals surface area contributed by atoms with Gasteiger partial charge in [0, 0.05) is 0 Å². The van der Waals surface area contributed by atoms with Crippen LogP contribution < -0.4 is 24.8 Å². The van der Waals surface area contributed by atoms with Gasteiger partial charge in [0.25, 0.3) is 0 Å². The predicted octanol–water partition coefficient (Wildman–Crippen LogP) is 5.19. The van der Waals surface area contributed by atoms with Crippen molar-refractivity contribution in [1.29, 1.82) is 0 Å². The Balaban J connectivity index is 0. The standard InChI is InChI=1S/2C13H9.2C5H5.2C3H7.2ClH.2Hf/c2*1-3-7-12-10(5-1)9-11-6-2-4-8-13(11)12;2*1-2-4-5-3-1;2*1-3-2;;;;/h2*1-5,7-8H,9H2;2*1-3H,4H2;2*3H,1-2H3;2*1H;;/q6*-1;;;2*+4/p-2. The van der Waals surface area contributed by atoms with Crippen LogP contribution in [0.15, 0.2) is 121 Å². The van der Waals surface area contributed by atoms with Crippen LogP contribution in [0.25, 0.3) is 22.3 Å². The van der Waals surface area contributed by atoms with Crippen molar-refractivity contribution < 1.29 is 76.5 Å². The summed E-state index contributed by atoms with van der Waals surface area (Å²) in [4.78, 5) is 0. The molecule has 0 unspecified atom stereocenters. The molecule has 0 saturated heterocycles. The topological polar surface area (TPSA) is 0 Å². The number of rotatable bonds is 0. The van der Waals surface area contributed by atoms with Crippen molar-refractivity contribution in [1.82, 2.24) is 0 Å². The molecule has 0 radical (unpaired) electrons. The third kappa shape index (κ3) is 15.4. The molecule has 4 heteroatoms. The van der Waals surface area contributed by atoms with E-state index in [1.54, 1.807) is 0 Å². The molecule has 0 aliphatic heterocycles. The first kappa shape index (κ1) is 46.3. The second-order valence-electron chi connectivity index (χ2n) is 9.95. The van der Waals surface area contributed by atoms with Gasteiger partial charge in [0.15, 0.2) is 0 Å². The molecule has 0 fully saturated rings. The van der Waals surface area contributed by atoms with Gasteiger partial charge in [0.1, 0.15) is 0 Å². The van der Waals surface area contributed by atoms with E-state index in [2.05, 4.69) is 109 Å². The molecular formula is C42H42Cl2Hf2. The summed E-state index contributed by atoms with van der Waals surface area (Å²) in [6.07, 6.45) is 26.1. The second-order valence-corrected chi connectivity index (χ2v) is 9.95. The van der Waals surface area contributed by atoms with Gasteiger partial charge in [-0.1, -0.05) is 70.8 Å². The van der Waals surface area contributed by atoms with Crippen LogP contribution in [-0.2, 0) is 64.5 Å². The molecule has 0 spiro atoms. The minimum atomic E-state index is 0. The van der Waals surface area contributed by atoms with E-state index in [0.29, 0.717) is 0 Å². The number of hydrogen-bond acceptors (Lipinski definition) is 0. The summed E-state index contributed by atoms with van der Waals surface area (Å²) >= 11 is 0. The van der Waals surface area contributed by atoms with Gasteiger partial charge in [-0.25, -0.2) is 24.3 Å². The predicted molar refractivity (Wildman–Crippen MR) is 181 cm³/mol. The van der Waals surface area contributed by atoms with Crippen molar-refractivity contribution in [3.05, 3.63) is 181 Å². The molecule has 0 atom stereocenters. The third-order valence-electron chi connectivity index (χ3n) is 6.40. The fraction of sp³-hybridized carbons (Fsp3) is 0.190. The maximum Gasteiger partial charge on any atom is 4.00 e. The van der Waals surface area contributed by atoms with E-state index in [1.807, 2.05) is 77.0 Å². The minimum Gasteiger partial charge on any atom is -1.00 e. The largest absolute Gasteiger partial charge is 4.00 e. The fourth-order valence-electron chi connectivity index (χ4n) is 4.68. The normalized spacial score (nSPS) is 11.6. The first-order chi connectivity index (χ1) is 20.7. The molecule has 0 saturated carbocycles. The molecule has 232 valence electrons. The summed E-state index contributed by atoms with van der Waals surface area (Å²) in [6.45, 7) is 8.00. The zero-order chi connectivity index (χ0) is 29.8. The summed E-state index contributed by atoms with van der Waals surface area (Å²) in [7, 11) is 0. The van der Waals surface area contributed by atoms with Gasteiger partial charge in [-0.2, -0.15) is 99.5 Å². The average Bonchev–Trinajstić information content (AvgIpc) is 3.86. The van der Waals surface area contributed by atoms with Crippen LogP contribution in [0.5, 0.6) is 0 Å². The van der Waals surface area contributed by atoms with E-state index in [-0.39, 0.29) is 76.5 Å². The van der Waals surface area contributed by atoms with Gasteiger partial charge in [0.2, 0.25) is 0 Å². The molecule has 4 aliphatic rings. The summed E-state index contributed by atoms with van der Waals surface area (Å²) in [5.74, 6) is 0. The third-order valence-corrected chi connectivity index (χ3v) is 6.40. The van der Waals surface area contributed by atoms with Gasteiger partial charge in [0.05, 0.1) is 0 Å². The van der Waals surface area contributed by atoms with E-state index in [0.717, 1.165) is 25.7 Å². The Kier molecular flexibility index (Phi) is 28.4. The Morgan fingerprint density at radius 1 is 0.500 bits per heavy atom. The summed E-state index contributed by atoms with van der Waals surface area (Å²) in [6, 6.07) is 36.2. The molecule has 0 aromatic heterocycles. The molecule has 4 aliphatic carbocycles. The van der Waals surface area contributed by atoms with Gasteiger partial charge in [-0.3, -0.25) is 12.2 Å². The van der Waals surface area contributed by atoms with Crippen LogP contribution in [0.2, 0.25) is 0 Å². The molecule has 0 amide bonds. The summed E-state index contributed by atoms with van der Waals surface area (Å²) in [5.41, 5.74) is 11.0. The van der Waals surface area contributed by atoms with E-state index < -0.39 is 0 Å². The van der Waals surface area contributed by atoms with Crippen molar-refractivity contribution >= 4 is 0 Å². The molecule has 4 aromatic rings. The Bertz CT molecular complexity index is 1260. The van der Waals surface area contributed by atoms with Crippen LogP contribution in [0, 0.1) is 37.1 Å². The van der Waals surface area contributed by atoms with Gasteiger partial charge in [-0.15, -0.1) is 24.0 Å². The van der Waals surface area contributed by atoms with Gasteiger partial charge in [-0.05, 0) is 12.8 Å². The smallest absolute Gasteiger partial charge is 1.00 e. The number of benzene rings is 4. The molecule has 8 rings (SSSR count). The SMILES string of the molecule is C[CH-]C.C[CH-]C.[C-]1=CC=CC1.[C-]1=CC=CC1.[Cl-].[Cl-].[Hf+4].[Hf+4].[c-]1cccc2c1Cc1ccccc1-2.[c-]1cccc2c1Cc1ccccc1-2. The molecule has 0 nitrogen and oxygen atoms in total. The maximum absolute atomic E-state index is 3.30. The Morgan fingerprint density at radius 3 is 1.15 bits per heavy atom. The minimum absolute atomic E-state index is 0. The number of halogens is 2. The van der Waals surface area contributed by atoms with E-state index >= 15 is 0 Å². The van der Waals surface area contributed by atoms with Crippen molar-refractivity contribution in [3.8, 4) is 22.3 Å². The number of allylic oxidation sites excluding steroid dienone is 8. The fourth-order valence-corrected chi connectivity index (χ4v) is 4.68. The van der Waals surface area contributed by atoms with Gasteiger partial charge >= 0.3 is 51.7 Å². The average molecular weight is 975 g/mol. The zero-order valence-electron chi connectivity index (χ0n) is 27.3. The molecular weight excluding hydrogens is 932 g/mol. The number of fused-ring (bicyclic) bond motifs is 6. The van der Waals surface area contributed by atoms with Crippen LogP contribution >= 0.6 is 0 Å². The molecule has 0 N–H and O–H groups in total. The van der Waals surface area contributed by atoms with E-state index in [4.69, 9.17) is 0 Å². The Morgan fingerprint density at radius 2 is 0.848 bits per heavy atom. The molecule has 0 bridgehead atoms. The Labute approximate surface area is 330 Å². The first-order valence-corrected chi connectivity index (χ1v) is 14.8. The van der Waals surface area contributed by atoms with E-state index in [9.17, 15) is 0 Å². The molecule has 0 heterocycles. The van der Waals surface area contributed by atoms with Crippen LogP contribution in [0.4, 0.5) is 0 Å². The molecule has 4 aromatic carbocycles. The van der Waals surface area contributed by atoms with Crippen LogP contribution in [0.1, 0.15) is 62.8 Å². The van der Waals surface area contributed by atoms with Crippen molar-refractivity contribution in [2.24, 2.45) is 0 Å². The summed E-state index contributed by atoms with van der Waals surface area (Å²) in [5, 5.41) is 0. The quantitative estimate of drug-likeness (QED) is 0.146. The van der Waals surface area contributed by atoms with Crippen molar-refractivity contribution in [2.45, 2.75) is 53.4 Å². The van der Waals surface area contributed by atoms with Gasteiger partial charge < -0.3 is 37.7 Å². The second kappa shape index (κ2) is 28.2. The summed E-state index contributed by atoms with van der Waals surface area (Å²) < 4.78 is 0. The van der Waals surface area contributed by atoms with Crippen molar-refractivity contribution in [2.75, 3.05) is 0 Å². The van der Waals surface area contributed by atoms with E-state index in [1.165, 1.54) is 44.5 Å². The zero-order valence-corrected chi connectivity index (χ0v) is 36.0. The number of hydrogen-bond donors (Lipinski definition) is 0. The van der Waals surface area contributed by atoms with Crippen molar-refractivity contribution in [3.63, 3.8) is 0 Å². The Hall–Kier alpha value is -1.84. The van der Waals surface area contributed by atoms with Crippen LogP contribution in [-0.4, -0.2) is 0 Å². The molecule has 46 heavy (non-hydrogen) atoms. The van der Waals surface area contributed by atoms with Crippen LogP contribution in [0.3, 0.4) is 0 Å². The monoisotopic (exact) mass is 976 g/mol. The maximum atomic E-state index is 3.30. The first-order valence-electron chi connectivity index (χ1n) is 14.8.